The van der Waals surface area contributed by atoms with Gasteiger partial charge in [0.25, 0.3) is 5.56 Å². The van der Waals surface area contributed by atoms with E-state index in [1.807, 2.05) is 24.3 Å². The summed E-state index contributed by atoms with van der Waals surface area (Å²) in [5.41, 5.74) is 6.56. The van der Waals surface area contributed by atoms with E-state index in [0.717, 1.165) is 10.9 Å². The summed E-state index contributed by atoms with van der Waals surface area (Å²) in [7, 11) is 0. The number of aromatic nitrogens is 1. The first-order chi connectivity index (χ1) is 7.22. The van der Waals surface area contributed by atoms with Gasteiger partial charge in [0.2, 0.25) is 0 Å². The van der Waals surface area contributed by atoms with Crippen LogP contribution in [-0.4, -0.2) is 16.7 Å². The van der Waals surface area contributed by atoms with E-state index in [-0.39, 0.29) is 12.2 Å². The van der Waals surface area contributed by atoms with E-state index < -0.39 is 6.04 Å². The fourth-order valence-corrected chi connectivity index (χ4v) is 1.54. The minimum absolute atomic E-state index is 0.235. The van der Waals surface area contributed by atoms with E-state index in [0.29, 0.717) is 5.56 Å². The lowest BCUT2D eigenvalue weighted by Gasteiger charge is -2.08. The number of nitrogens with two attached hydrogens (primary N) is 1. The molecule has 1 aromatic heterocycles. The maximum atomic E-state index is 11.6. The number of H-pyrrole nitrogens is 1. The second kappa shape index (κ2) is 3.84. The lowest BCUT2D eigenvalue weighted by molar-refractivity contribution is 0.267. The van der Waals surface area contributed by atoms with Crippen LogP contribution in [0.5, 0.6) is 0 Å². The van der Waals surface area contributed by atoms with Crippen LogP contribution in [0.2, 0.25) is 0 Å². The Morgan fingerprint density at radius 2 is 2.13 bits per heavy atom. The quantitative estimate of drug-likeness (QED) is 0.667. The van der Waals surface area contributed by atoms with Gasteiger partial charge in [0, 0.05) is 11.1 Å². The molecular weight excluding hydrogens is 192 g/mol. The molecule has 0 aliphatic heterocycles. The van der Waals surface area contributed by atoms with E-state index in [2.05, 4.69) is 4.98 Å². The van der Waals surface area contributed by atoms with Crippen LogP contribution in [0.4, 0.5) is 0 Å². The molecule has 0 radical (unpaired) electrons. The number of aromatic amines is 1. The van der Waals surface area contributed by atoms with Crippen LogP contribution in [0, 0.1) is 0 Å². The van der Waals surface area contributed by atoms with Gasteiger partial charge in [0.1, 0.15) is 0 Å². The number of para-hydroxylation sites is 1. The summed E-state index contributed by atoms with van der Waals surface area (Å²) in [4.78, 5) is 14.3. The molecule has 1 unspecified atom stereocenters. The Morgan fingerprint density at radius 3 is 2.87 bits per heavy atom. The number of aliphatic hydroxyl groups is 1. The van der Waals surface area contributed by atoms with E-state index in [4.69, 9.17) is 10.8 Å². The molecule has 2 rings (SSSR count). The van der Waals surface area contributed by atoms with E-state index in [1.54, 1.807) is 6.07 Å². The summed E-state index contributed by atoms with van der Waals surface area (Å²) in [6, 6.07) is 8.54. The standard InChI is InChI=1S/C11H12N2O2/c12-9(6-14)8-5-7-3-1-2-4-10(7)13-11(8)15/h1-5,9,14H,6,12H2,(H,13,15). The normalized spacial score (nSPS) is 12.9. The molecule has 1 aromatic carbocycles. The highest BCUT2D eigenvalue weighted by Crippen LogP contribution is 2.13. The molecular formula is C11H12N2O2. The molecule has 1 atom stereocenters. The first-order valence-electron chi connectivity index (χ1n) is 4.71. The zero-order chi connectivity index (χ0) is 10.8. The van der Waals surface area contributed by atoms with Gasteiger partial charge < -0.3 is 15.8 Å². The molecule has 0 fully saturated rings. The van der Waals surface area contributed by atoms with E-state index in [1.165, 1.54) is 0 Å². The third-order valence-corrected chi connectivity index (χ3v) is 2.38. The van der Waals surface area contributed by atoms with Crippen molar-refractivity contribution in [3.05, 3.63) is 46.2 Å². The number of benzene rings is 1. The topological polar surface area (TPSA) is 79.1 Å². The lowest BCUT2D eigenvalue weighted by Crippen LogP contribution is -2.24. The van der Waals surface area contributed by atoms with Crippen molar-refractivity contribution >= 4 is 10.9 Å². The molecule has 0 saturated carbocycles. The zero-order valence-electron chi connectivity index (χ0n) is 8.10. The molecule has 0 saturated heterocycles. The number of fused-ring (bicyclic) bond motifs is 1. The van der Waals surface area contributed by atoms with Crippen molar-refractivity contribution in [2.75, 3.05) is 6.61 Å². The third kappa shape index (κ3) is 1.77. The lowest BCUT2D eigenvalue weighted by atomic mass is 10.1. The molecule has 0 aliphatic rings. The van der Waals surface area contributed by atoms with Gasteiger partial charge in [-0.05, 0) is 17.5 Å². The van der Waals surface area contributed by atoms with Gasteiger partial charge in [-0.3, -0.25) is 4.79 Å². The molecule has 0 bridgehead atoms. The van der Waals surface area contributed by atoms with Crippen LogP contribution in [0.15, 0.2) is 35.1 Å². The molecule has 0 aliphatic carbocycles. The number of aliphatic hydroxyl groups excluding tert-OH is 1. The number of nitrogens with one attached hydrogen (secondary N) is 1. The Bertz CT molecular complexity index is 533. The highest BCUT2D eigenvalue weighted by Gasteiger charge is 2.09. The first-order valence-corrected chi connectivity index (χ1v) is 4.71. The summed E-state index contributed by atoms with van der Waals surface area (Å²) in [5.74, 6) is 0. The largest absolute Gasteiger partial charge is 0.394 e. The van der Waals surface area contributed by atoms with Gasteiger partial charge in [-0.25, -0.2) is 0 Å². The van der Waals surface area contributed by atoms with E-state index >= 15 is 0 Å². The van der Waals surface area contributed by atoms with Crippen molar-refractivity contribution in [1.29, 1.82) is 0 Å². The summed E-state index contributed by atoms with van der Waals surface area (Å²) >= 11 is 0. The molecule has 0 amide bonds. The average molecular weight is 204 g/mol. The van der Waals surface area contributed by atoms with Gasteiger partial charge >= 0.3 is 0 Å². The summed E-state index contributed by atoms with van der Waals surface area (Å²) in [6.45, 7) is -0.235. The maximum absolute atomic E-state index is 11.6. The van der Waals surface area contributed by atoms with Crippen molar-refractivity contribution in [2.24, 2.45) is 5.73 Å². The Kier molecular flexibility index (Phi) is 2.53. The van der Waals surface area contributed by atoms with Crippen LogP contribution in [0.25, 0.3) is 10.9 Å². The van der Waals surface area contributed by atoms with Crippen LogP contribution in [0.3, 0.4) is 0 Å². The first kappa shape index (κ1) is 9.89. The summed E-state index contributed by atoms with van der Waals surface area (Å²) in [5, 5.41) is 9.82. The van der Waals surface area contributed by atoms with Crippen molar-refractivity contribution in [3.63, 3.8) is 0 Å². The van der Waals surface area contributed by atoms with E-state index in [9.17, 15) is 4.79 Å². The van der Waals surface area contributed by atoms with Gasteiger partial charge in [-0.15, -0.1) is 0 Å². The fourth-order valence-electron chi connectivity index (χ4n) is 1.54. The molecule has 4 N–H and O–H groups in total. The number of hydrogen-bond acceptors (Lipinski definition) is 3. The smallest absolute Gasteiger partial charge is 0.253 e. The SMILES string of the molecule is NC(CO)c1cc2ccccc2[nH]c1=O. The van der Waals surface area contributed by atoms with Gasteiger partial charge in [0.05, 0.1) is 12.6 Å². The molecule has 4 nitrogen and oxygen atoms in total. The van der Waals surface area contributed by atoms with Gasteiger partial charge in [-0.2, -0.15) is 0 Å². The maximum Gasteiger partial charge on any atom is 0.253 e. The number of hydrogen-bond donors (Lipinski definition) is 3. The van der Waals surface area contributed by atoms with Crippen molar-refractivity contribution in [3.8, 4) is 0 Å². The monoisotopic (exact) mass is 204 g/mol. The summed E-state index contributed by atoms with van der Waals surface area (Å²) in [6.07, 6.45) is 0. The fraction of sp³-hybridized carbons (Fsp3) is 0.182. The van der Waals surface area contributed by atoms with Crippen LogP contribution < -0.4 is 11.3 Å². The Hall–Kier alpha value is -1.65. The van der Waals surface area contributed by atoms with Crippen molar-refractivity contribution < 1.29 is 5.11 Å². The Labute approximate surface area is 86.4 Å². The molecule has 78 valence electrons. The molecule has 0 spiro atoms. The molecule has 1 heterocycles. The number of pyridine rings is 1. The van der Waals surface area contributed by atoms with Crippen LogP contribution in [-0.2, 0) is 0 Å². The second-order valence-electron chi connectivity index (χ2n) is 3.43. The third-order valence-electron chi connectivity index (χ3n) is 2.38. The van der Waals surface area contributed by atoms with Crippen LogP contribution >= 0.6 is 0 Å². The van der Waals surface area contributed by atoms with Gasteiger partial charge in [-0.1, -0.05) is 18.2 Å². The van der Waals surface area contributed by atoms with Gasteiger partial charge in [0.15, 0.2) is 0 Å². The molecule has 4 heteroatoms. The van der Waals surface area contributed by atoms with Crippen LogP contribution in [0.1, 0.15) is 11.6 Å². The predicted molar refractivity (Wildman–Crippen MR) is 58.6 cm³/mol. The molecule has 15 heavy (non-hydrogen) atoms. The Morgan fingerprint density at radius 1 is 1.40 bits per heavy atom. The highest BCUT2D eigenvalue weighted by atomic mass is 16.3. The second-order valence-corrected chi connectivity index (χ2v) is 3.43. The zero-order valence-corrected chi connectivity index (χ0v) is 8.10. The average Bonchev–Trinajstić information content (AvgIpc) is 2.27. The van der Waals surface area contributed by atoms with Crippen molar-refractivity contribution in [2.45, 2.75) is 6.04 Å². The predicted octanol–water partition coefficient (Wildman–Crippen LogP) is 0.520. The van der Waals surface area contributed by atoms with Crippen molar-refractivity contribution in [1.82, 2.24) is 4.98 Å². The molecule has 2 aromatic rings. The minimum Gasteiger partial charge on any atom is -0.394 e. The Balaban J connectivity index is 2.67. The highest BCUT2D eigenvalue weighted by molar-refractivity contribution is 5.78. The number of rotatable bonds is 2. The minimum atomic E-state index is -0.627. The summed E-state index contributed by atoms with van der Waals surface area (Å²) < 4.78 is 0.